The molecule has 1 aromatic rings. The molecule has 18 heavy (non-hydrogen) atoms. The molecule has 0 saturated carbocycles. The van der Waals surface area contributed by atoms with E-state index in [4.69, 9.17) is 10.5 Å². The Kier molecular flexibility index (Phi) is 5.02. The summed E-state index contributed by atoms with van der Waals surface area (Å²) in [4.78, 5) is 4.00. The Balaban J connectivity index is 2.35. The predicted octanol–water partition coefficient (Wildman–Crippen LogP) is 1.66. The summed E-state index contributed by atoms with van der Waals surface area (Å²) in [6.07, 6.45) is -4.31. The van der Waals surface area contributed by atoms with E-state index in [9.17, 15) is 13.2 Å². The van der Waals surface area contributed by atoms with Crippen LogP contribution in [0, 0.1) is 0 Å². The Labute approximate surface area is 102 Å². The lowest BCUT2D eigenvalue weighted by Crippen LogP contribution is -2.20. The Morgan fingerprint density at radius 3 is 2.72 bits per heavy atom. The summed E-state index contributed by atoms with van der Waals surface area (Å²) in [6.45, 7) is -1.20. The van der Waals surface area contributed by atoms with Gasteiger partial charge in [-0.1, -0.05) is 0 Å². The van der Waals surface area contributed by atoms with E-state index in [1.807, 2.05) is 0 Å². The highest BCUT2D eigenvalue weighted by Crippen LogP contribution is 2.19. The molecule has 0 atom stereocenters. The number of methoxy groups -OCH3 is 1. The smallest absolute Gasteiger partial charge is 0.411 e. The summed E-state index contributed by atoms with van der Waals surface area (Å²) in [6, 6.07) is 3.17. The van der Waals surface area contributed by atoms with Crippen molar-refractivity contribution in [3.05, 3.63) is 12.1 Å². The zero-order valence-electron chi connectivity index (χ0n) is 9.75. The third-order valence-corrected chi connectivity index (χ3v) is 1.91. The maximum absolute atomic E-state index is 11.8. The summed E-state index contributed by atoms with van der Waals surface area (Å²) in [7, 11) is 1.45. The number of nitrogens with two attached hydrogens (primary N) is 1. The fourth-order valence-electron chi connectivity index (χ4n) is 1.14. The van der Waals surface area contributed by atoms with Crippen molar-refractivity contribution in [1.29, 1.82) is 0 Å². The first-order valence-electron chi connectivity index (χ1n) is 5.11. The van der Waals surface area contributed by atoms with Crippen LogP contribution in [0.15, 0.2) is 12.1 Å². The number of hydrogen-bond donors (Lipinski definition) is 2. The van der Waals surface area contributed by atoms with Gasteiger partial charge in [0, 0.05) is 12.6 Å². The minimum absolute atomic E-state index is 0.0994. The molecule has 0 amide bonds. The lowest BCUT2D eigenvalue weighted by molar-refractivity contribution is -0.172. The maximum Gasteiger partial charge on any atom is 0.411 e. The molecule has 1 rings (SSSR count). The summed E-state index contributed by atoms with van der Waals surface area (Å²) >= 11 is 0. The molecule has 8 heteroatoms. The first-order chi connectivity index (χ1) is 8.42. The van der Waals surface area contributed by atoms with Crippen molar-refractivity contribution in [2.24, 2.45) is 0 Å². The van der Waals surface area contributed by atoms with Gasteiger partial charge >= 0.3 is 6.18 Å². The van der Waals surface area contributed by atoms with Crippen LogP contribution in [0.2, 0.25) is 0 Å². The van der Waals surface area contributed by atoms with Crippen LogP contribution in [0.1, 0.15) is 0 Å². The zero-order chi connectivity index (χ0) is 13.6. The zero-order valence-corrected chi connectivity index (χ0v) is 9.75. The number of alkyl halides is 3. The minimum Gasteiger partial charge on any atom is -0.481 e. The fraction of sp³-hybridized carbons (Fsp3) is 0.500. The second-order valence-corrected chi connectivity index (χ2v) is 3.39. The van der Waals surface area contributed by atoms with Crippen LogP contribution in [0.25, 0.3) is 0 Å². The SMILES string of the molecule is COc1ccc(N)c(NCCOCC(F)(F)F)n1. The summed E-state index contributed by atoms with van der Waals surface area (Å²) in [5, 5.41) is 2.77. The average molecular weight is 265 g/mol. The predicted molar refractivity (Wildman–Crippen MR) is 60.6 cm³/mol. The van der Waals surface area contributed by atoms with E-state index in [1.165, 1.54) is 7.11 Å². The first-order valence-corrected chi connectivity index (χ1v) is 5.11. The largest absolute Gasteiger partial charge is 0.481 e. The van der Waals surface area contributed by atoms with Gasteiger partial charge in [0.15, 0.2) is 5.82 Å². The number of ether oxygens (including phenoxy) is 2. The van der Waals surface area contributed by atoms with Crippen LogP contribution in [0.5, 0.6) is 5.88 Å². The van der Waals surface area contributed by atoms with Gasteiger partial charge in [-0.25, -0.2) is 0 Å². The standard InChI is InChI=1S/C10H14F3N3O2/c1-17-8-3-2-7(14)9(16-8)15-4-5-18-6-10(11,12)13/h2-3H,4-6,14H2,1H3,(H,15,16). The van der Waals surface area contributed by atoms with Gasteiger partial charge < -0.3 is 20.5 Å². The van der Waals surface area contributed by atoms with Crippen molar-refractivity contribution in [3.63, 3.8) is 0 Å². The molecule has 1 heterocycles. The number of pyridine rings is 1. The Morgan fingerprint density at radius 2 is 2.11 bits per heavy atom. The molecule has 0 bridgehead atoms. The van der Waals surface area contributed by atoms with E-state index < -0.39 is 12.8 Å². The van der Waals surface area contributed by atoms with Crippen LogP contribution < -0.4 is 15.8 Å². The van der Waals surface area contributed by atoms with Crippen LogP contribution in [0.3, 0.4) is 0 Å². The second kappa shape index (κ2) is 6.29. The highest BCUT2D eigenvalue weighted by Gasteiger charge is 2.27. The molecule has 0 radical (unpaired) electrons. The van der Waals surface area contributed by atoms with Gasteiger partial charge in [0.25, 0.3) is 0 Å². The average Bonchev–Trinajstić information content (AvgIpc) is 2.29. The molecule has 0 aliphatic carbocycles. The van der Waals surface area contributed by atoms with Gasteiger partial charge in [0.1, 0.15) is 6.61 Å². The van der Waals surface area contributed by atoms with Gasteiger partial charge in [-0.05, 0) is 6.07 Å². The number of nitrogen functional groups attached to an aromatic ring is 1. The minimum atomic E-state index is -4.31. The normalized spacial score (nSPS) is 11.3. The first kappa shape index (κ1) is 14.4. The maximum atomic E-state index is 11.8. The van der Waals surface area contributed by atoms with Crippen LogP contribution >= 0.6 is 0 Å². The lowest BCUT2D eigenvalue weighted by atomic mass is 10.4. The van der Waals surface area contributed by atoms with Crippen LogP contribution in [-0.2, 0) is 4.74 Å². The van der Waals surface area contributed by atoms with Crippen molar-refractivity contribution in [3.8, 4) is 5.88 Å². The Hall–Kier alpha value is -1.70. The van der Waals surface area contributed by atoms with Crippen molar-refractivity contribution < 1.29 is 22.6 Å². The third-order valence-electron chi connectivity index (χ3n) is 1.91. The number of hydrogen-bond acceptors (Lipinski definition) is 5. The van der Waals surface area contributed by atoms with E-state index >= 15 is 0 Å². The molecule has 0 spiro atoms. The van der Waals surface area contributed by atoms with Crippen molar-refractivity contribution in [1.82, 2.24) is 4.98 Å². The van der Waals surface area contributed by atoms with Gasteiger partial charge in [-0.3, -0.25) is 0 Å². The van der Waals surface area contributed by atoms with Crippen molar-refractivity contribution in [2.75, 3.05) is 37.9 Å². The van der Waals surface area contributed by atoms with E-state index in [0.29, 0.717) is 17.4 Å². The van der Waals surface area contributed by atoms with E-state index in [2.05, 4.69) is 15.0 Å². The topological polar surface area (TPSA) is 69.4 Å². The number of rotatable bonds is 6. The molecular formula is C10H14F3N3O2. The van der Waals surface area contributed by atoms with Gasteiger partial charge in [0.2, 0.25) is 5.88 Å². The quantitative estimate of drug-likeness (QED) is 0.766. The number of nitrogens with one attached hydrogen (secondary N) is 1. The molecule has 0 unspecified atom stereocenters. The molecular weight excluding hydrogens is 251 g/mol. The molecule has 1 aromatic heterocycles. The summed E-state index contributed by atoms with van der Waals surface area (Å²) in [5.74, 6) is 0.716. The van der Waals surface area contributed by atoms with E-state index in [-0.39, 0.29) is 13.2 Å². The third kappa shape index (κ3) is 5.09. The fourth-order valence-corrected chi connectivity index (χ4v) is 1.14. The van der Waals surface area contributed by atoms with E-state index in [1.54, 1.807) is 12.1 Å². The Morgan fingerprint density at radius 1 is 1.39 bits per heavy atom. The van der Waals surface area contributed by atoms with Crippen LogP contribution in [-0.4, -0.2) is 38.0 Å². The lowest BCUT2D eigenvalue weighted by Gasteiger charge is -2.11. The number of halogens is 3. The van der Waals surface area contributed by atoms with Gasteiger partial charge in [-0.15, -0.1) is 0 Å². The van der Waals surface area contributed by atoms with Gasteiger partial charge in [0.05, 0.1) is 19.4 Å². The molecule has 3 N–H and O–H groups in total. The van der Waals surface area contributed by atoms with Crippen LogP contribution in [0.4, 0.5) is 24.7 Å². The van der Waals surface area contributed by atoms with Crippen molar-refractivity contribution in [2.45, 2.75) is 6.18 Å². The molecule has 5 nitrogen and oxygen atoms in total. The number of anilines is 2. The Bertz CT molecular complexity index is 385. The molecule has 0 aromatic carbocycles. The van der Waals surface area contributed by atoms with E-state index in [0.717, 1.165) is 0 Å². The molecule has 0 fully saturated rings. The molecule has 0 saturated heterocycles. The molecule has 0 aliphatic rings. The summed E-state index contributed by atoms with van der Waals surface area (Å²) in [5.41, 5.74) is 6.01. The highest BCUT2D eigenvalue weighted by molar-refractivity contribution is 5.61. The van der Waals surface area contributed by atoms with Crippen molar-refractivity contribution >= 4 is 11.5 Å². The second-order valence-electron chi connectivity index (χ2n) is 3.39. The monoisotopic (exact) mass is 265 g/mol. The van der Waals surface area contributed by atoms with Gasteiger partial charge in [-0.2, -0.15) is 18.2 Å². The molecule has 102 valence electrons. The summed E-state index contributed by atoms with van der Waals surface area (Å²) < 4.78 is 44.6. The number of aromatic nitrogens is 1. The highest BCUT2D eigenvalue weighted by atomic mass is 19.4. The molecule has 0 aliphatic heterocycles. The number of nitrogens with zero attached hydrogens (tertiary/aromatic N) is 1.